The highest BCUT2D eigenvalue weighted by molar-refractivity contribution is 8.18. The van der Waals surface area contributed by atoms with Crippen molar-refractivity contribution in [3.8, 4) is 5.75 Å². The minimum atomic E-state index is -0.177. The van der Waals surface area contributed by atoms with Gasteiger partial charge in [-0.15, -0.1) is 0 Å². The number of aliphatic imine (C=N–C) groups is 1. The predicted octanol–water partition coefficient (Wildman–Crippen LogP) is 4.24. The molecule has 1 N–H and O–H groups in total. The molecule has 0 atom stereocenters. The Balaban J connectivity index is 1.85. The van der Waals surface area contributed by atoms with Crippen LogP contribution in [0.5, 0.6) is 5.75 Å². The van der Waals surface area contributed by atoms with Gasteiger partial charge in [0.25, 0.3) is 5.91 Å². The van der Waals surface area contributed by atoms with Crippen LogP contribution in [0.1, 0.15) is 5.56 Å². The van der Waals surface area contributed by atoms with Crippen LogP contribution in [0.15, 0.2) is 58.4 Å². The van der Waals surface area contributed by atoms with E-state index >= 15 is 0 Å². The number of para-hydroxylation sites is 1. The molecule has 6 heteroatoms. The van der Waals surface area contributed by atoms with Crippen molar-refractivity contribution in [3.63, 3.8) is 0 Å². The van der Waals surface area contributed by atoms with Gasteiger partial charge in [-0.2, -0.15) is 0 Å². The molecule has 0 radical (unpaired) electrons. The molecule has 2 aromatic rings. The Morgan fingerprint density at radius 1 is 1.22 bits per heavy atom. The Labute approximate surface area is 143 Å². The number of nitrogens with one attached hydrogen (secondary N) is 1. The number of ether oxygens (including phenoxy) is 1. The van der Waals surface area contributed by atoms with Crippen LogP contribution in [0.25, 0.3) is 6.08 Å². The van der Waals surface area contributed by atoms with Crippen LogP contribution in [0.4, 0.5) is 5.69 Å². The van der Waals surface area contributed by atoms with Crippen LogP contribution in [0.3, 0.4) is 0 Å². The molecule has 1 saturated heterocycles. The van der Waals surface area contributed by atoms with Crippen LogP contribution >= 0.6 is 23.4 Å². The predicted molar refractivity (Wildman–Crippen MR) is 95.3 cm³/mol. The zero-order valence-corrected chi connectivity index (χ0v) is 13.8. The third-order valence-corrected chi connectivity index (χ3v) is 4.35. The van der Waals surface area contributed by atoms with E-state index in [1.54, 1.807) is 25.3 Å². The van der Waals surface area contributed by atoms with E-state index in [-0.39, 0.29) is 5.91 Å². The van der Waals surface area contributed by atoms with Gasteiger partial charge < -0.3 is 10.1 Å². The number of carbonyl (C=O) groups excluding carboxylic acids is 1. The van der Waals surface area contributed by atoms with E-state index in [0.717, 1.165) is 11.3 Å². The average Bonchev–Trinajstić information content (AvgIpc) is 2.89. The molecule has 0 bridgehead atoms. The van der Waals surface area contributed by atoms with Crippen LogP contribution in [0, 0.1) is 0 Å². The van der Waals surface area contributed by atoms with Gasteiger partial charge in [-0.1, -0.05) is 35.9 Å². The van der Waals surface area contributed by atoms with Crippen molar-refractivity contribution in [1.82, 2.24) is 5.32 Å². The smallest absolute Gasteiger partial charge is 0.264 e. The quantitative estimate of drug-likeness (QED) is 0.847. The molecule has 0 aromatic heterocycles. The third kappa shape index (κ3) is 3.75. The second kappa shape index (κ2) is 6.89. The first kappa shape index (κ1) is 15.6. The Bertz CT molecular complexity index is 818. The van der Waals surface area contributed by atoms with Crippen molar-refractivity contribution < 1.29 is 9.53 Å². The summed E-state index contributed by atoms with van der Waals surface area (Å²) >= 11 is 7.36. The molecule has 0 unspecified atom stereocenters. The largest absolute Gasteiger partial charge is 0.497 e. The average molecular weight is 345 g/mol. The fourth-order valence-corrected chi connectivity index (χ4v) is 3.03. The molecule has 0 spiro atoms. The monoisotopic (exact) mass is 344 g/mol. The number of rotatable bonds is 3. The summed E-state index contributed by atoms with van der Waals surface area (Å²) in [4.78, 5) is 17.0. The van der Waals surface area contributed by atoms with Crippen molar-refractivity contribution in [2.75, 3.05) is 7.11 Å². The molecule has 116 valence electrons. The van der Waals surface area contributed by atoms with E-state index in [1.807, 2.05) is 36.4 Å². The summed E-state index contributed by atoms with van der Waals surface area (Å²) in [7, 11) is 1.61. The van der Waals surface area contributed by atoms with Gasteiger partial charge in [-0.3, -0.25) is 4.79 Å². The lowest BCUT2D eigenvalue weighted by molar-refractivity contribution is -0.115. The zero-order chi connectivity index (χ0) is 16.2. The highest BCUT2D eigenvalue weighted by Gasteiger charge is 2.24. The Morgan fingerprint density at radius 2 is 2.04 bits per heavy atom. The summed E-state index contributed by atoms with van der Waals surface area (Å²) in [6, 6.07) is 14.7. The molecule has 23 heavy (non-hydrogen) atoms. The summed E-state index contributed by atoms with van der Waals surface area (Å²) in [5.41, 5.74) is 1.51. The Kier molecular flexibility index (Phi) is 4.69. The number of nitrogens with zero attached hydrogens (tertiary/aromatic N) is 1. The number of amides is 1. The second-order valence-corrected chi connectivity index (χ2v) is 6.15. The molecular weight excluding hydrogens is 332 g/mol. The van der Waals surface area contributed by atoms with Gasteiger partial charge in [0.1, 0.15) is 5.75 Å². The molecular formula is C17H13ClN2O2S. The zero-order valence-electron chi connectivity index (χ0n) is 12.2. The first-order valence-corrected chi connectivity index (χ1v) is 8.03. The van der Waals surface area contributed by atoms with E-state index in [4.69, 9.17) is 16.3 Å². The number of halogens is 1. The summed E-state index contributed by atoms with van der Waals surface area (Å²) in [5, 5.41) is 3.80. The van der Waals surface area contributed by atoms with Gasteiger partial charge in [0.2, 0.25) is 0 Å². The van der Waals surface area contributed by atoms with E-state index < -0.39 is 0 Å². The minimum Gasteiger partial charge on any atom is -0.497 e. The van der Waals surface area contributed by atoms with Crippen LogP contribution in [-0.2, 0) is 4.79 Å². The summed E-state index contributed by atoms with van der Waals surface area (Å²) in [5.74, 6) is 0.566. The number of hydrogen-bond acceptors (Lipinski definition) is 4. The molecule has 1 heterocycles. The lowest BCUT2D eigenvalue weighted by Crippen LogP contribution is -2.19. The maximum atomic E-state index is 12.1. The van der Waals surface area contributed by atoms with Crippen molar-refractivity contribution in [2.45, 2.75) is 0 Å². The van der Waals surface area contributed by atoms with Crippen LogP contribution in [-0.4, -0.2) is 18.2 Å². The first-order chi connectivity index (χ1) is 11.2. The van der Waals surface area contributed by atoms with Gasteiger partial charge in [-0.05, 0) is 47.7 Å². The van der Waals surface area contributed by atoms with E-state index in [0.29, 0.717) is 20.8 Å². The number of carbonyl (C=O) groups is 1. The maximum absolute atomic E-state index is 12.1. The van der Waals surface area contributed by atoms with Crippen LogP contribution < -0.4 is 10.1 Å². The SMILES string of the molecule is COc1cccc(/C=C2/SC(=Nc3ccccc3Cl)NC2=O)c1. The lowest BCUT2D eigenvalue weighted by atomic mass is 10.2. The van der Waals surface area contributed by atoms with E-state index in [2.05, 4.69) is 10.3 Å². The molecule has 2 aromatic carbocycles. The minimum absolute atomic E-state index is 0.177. The molecule has 1 aliphatic rings. The van der Waals surface area contributed by atoms with Crippen LogP contribution in [0.2, 0.25) is 5.02 Å². The molecule has 0 saturated carbocycles. The number of benzene rings is 2. The van der Waals surface area contributed by atoms with Crippen molar-refractivity contribution >= 4 is 46.2 Å². The highest BCUT2D eigenvalue weighted by atomic mass is 35.5. The highest BCUT2D eigenvalue weighted by Crippen LogP contribution is 2.31. The van der Waals surface area contributed by atoms with Gasteiger partial charge in [0.05, 0.1) is 22.7 Å². The molecule has 4 nitrogen and oxygen atoms in total. The van der Waals surface area contributed by atoms with Crippen molar-refractivity contribution in [1.29, 1.82) is 0 Å². The van der Waals surface area contributed by atoms with Gasteiger partial charge in [0, 0.05) is 0 Å². The fourth-order valence-electron chi connectivity index (χ4n) is 2.01. The molecule has 1 amide bonds. The lowest BCUT2D eigenvalue weighted by Gasteiger charge is -2.00. The van der Waals surface area contributed by atoms with Gasteiger partial charge in [-0.25, -0.2) is 4.99 Å². The summed E-state index contributed by atoms with van der Waals surface area (Å²) in [6.07, 6.45) is 1.80. The van der Waals surface area contributed by atoms with E-state index in [1.165, 1.54) is 11.8 Å². The van der Waals surface area contributed by atoms with E-state index in [9.17, 15) is 4.79 Å². The fraction of sp³-hybridized carbons (Fsp3) is 0.0588. The van der Waals surface area contributed by atoms with Gasteiger partial charge >= 0.3 is 0 Å². The topological polar surface area (TPSA) is 50.7 Å². The molecule has 1 fully saturated rings. The van der Waals surface area contributed by atoms with Crippen molar-refractivity contribution in [2.24, 2.45) is 4.99 Å². The van der Waals surface area contributed by atoms with Gasteiger partial charge in [0.15, 0.2) is 5.17 Å². The Morgan fingerprint density at radius 3 is 2.83 bits per heavy atom. The molecule has 1 aliphatic heterocycles. The number of amidine groups is 1. The number of hydrogen-bond donors (Lipinski definition) is 1. The number of thioether (sulfide) groups is 1. The second-order valence-electron chi connectivity index (χ2n) is 4.71. The standard InChI is InChI=1S/C17H13ClN2O2S/c1-22-12-6-4-5-11(9-12)10-15-16(21)20-17(23-15)19-14-8-3-2-7-13(14)18/h2-10H,1H3,(H,19,20,21)/b15-10+. The number of methoxy groups -OCH3 is 1. The van der Waals surface area contributed by atoms with Crippen molar-refractivity contribution in [3.05, 3.63) is 64.0 Å². The maximum Gasteiger partial charge on any atom is 0.264 e. The summed E-state index contributed by atoms with van der Waals surface area (Å²) < 4.78 is 5.18. The molecule has 0 aliphatic carbocycles. The molecule has 3 rings (SSSR count). The Hall–Kier alpha value is -2.24. The first-order valence-electron chi connectivity index (χ1n) is 6.84. The summed E-state index contributed by atoms with van der Waals surface area (Å²) in [6.45, 7) is 0. The normalized spacial score (nSPS) is 17.6. The third-order valence-electron chi connectivity index (χ3n) is 3.12.